The molecule has 0 N–H and O–H groups in total. The Bertz CT molecular complexity index is 489. The smallest absolute Gasteiger partial charge is 0.240 e. The first-order valence-electron chi connectivity index (χ1n) is 6.54. The molecule has 1 fully saturated rings. The van der Waals surface area contributed by atoms with E-state index >= 15 is 0 Å². The van der Waals surface area contributed by atoms with Crippen molar-refractivity contribution in [1.29, 1.82) is 0 Å². The minimum absolute atomic E-state index is 0.414. The summed E-state index contributed by atoms with van der Waals surface area (Å²) in [5, 5.41) is 3.98. The summed E-state index contributed by atoms with van der Waals surface area (Å²) in [4.78, 5) is 12.7. The second-order valence-corrected chi connectivity index (χ2v) is 4.72. The Morgan fingerprint density at radius 3 is 2.39 bits per heavy atom. The zero-order chi connectivity index (χ0) is 12.2. The van der Waals surface area contributed by atoms with Crippen LogP contribution < -0.4 is 0 Å². The molecule has 0 radical (unpaired) electrons. The van der Waals surface area contributed by atoms with Crippen LogP contribution in [-0.4, -0.2) is 20.1 Å². The maximum Gasteiger partial charge on any atom is 0.240 e. The molecule has 0 spiro atoms. The minimum atomic E-state index is 0.414. The molecular weight excluding hydrogens is 228 g/mol. The molecule has 0 saturated heterocycles. The number of aromatic nitrogens is 4. The molecule has 5 nitrogen and oxygen atoms in total. The standard InChI is InChI=1S/C13H16N4O/c1-2-4-7-10(6-3-1)13-16-12(17-18-13)11-14-8-5-9-15-11/h5,8-10H,1-4,6-7H2. The quantitative estimate of drug-likeness (QED) is 0.760. The van der Waals surface area contributed by atoms with Crippen LogP contribution in [0.25, 0.3) is 11.6 Å². The highest BCUT2D eigenvalue weighted by Gasteiger charge is 2.21. The van der Waals surface area contributed by atoms with Gasteiger partial charge in [0.25, 0.3) is 0 Å². The molecule has 0 aliphatic heterocycles. The largest absolute Gasteiger partial charge is 0.339 e. The van der Waals surface area contributed by atoms with E-state index in [0.29, 0.717) is 17.6 Å². The van der Waals surface area contributed by atoms with Gasteiger partial charge in [-0.2, -0.15) is 4.98 Å². The van der Waals surface area contributed by atoms with Crippen molar-refractivity contribution in [2.45, 2.75) is 44.4 Å². The molecular formula is C13H16N4O. The molecule has 94 valence electrons. The summed E-state index contributed by atoms with van der Waals surface area (Å²) in [5.74, 6) is 2.19. The van der Waals surface area contributed by atoms with Crippen molar-refractivity contribution in [3.8, 4) is 11.6 Å². The van der Waals surface area contributed by atoms with E-state index < -0.39 is 0 Å². The molecule has 2 aromatic rings. The van der Waals surface area contributed by atoms with Gasteiger partial charge in [-0.15, -0.1) is 0 Å². The lowest BCUT2D eigenvalue weighted by atomic mass is 10.0. The van der Waals surface area contributed by atoms with Crippen molar-refractivity contribution in [1.82, 2.24) is 20.1 Å². The molecule has 0 atom stereocenters. The summed E-state index contributed by atoms with van der Waals surface area (Å²) < 4.78 is 5.37. The van der Waals surface area contributed by atoms with Crippen molar-refractivity contribution >= 4 is 0 Å². The Kier molecular flexibility index (Phi) is 3.30. The third-order valence-electron chi connectivity index (χ3n) is 3.41. The van der Waals surface area contributed by atoms with Gasteiger partial charge in [0.05, 0.1) is 0 Å². The average molecular weight is 244 g/mol. The maximum absolute atomic E-state index is 5.37. The molecule has 1 aliphatic carbocycles. The van der Waals surface area contributed by atoms with Crippen LogP contribution in [0, 0.1) is 0 Å². The van der Waals surface area contributed by atoms with Gasteiger partial charge in [-0.3, -0.25) is 0 Å². The average Bonchev–Trinajstić information content (AvgIpc) is 2.76. The summed E-state index contributed by atoms with van der Waals surface area (Å²) in [6, 6.07) is 1.77. The highest BCUT2D eigenvalue weighted by molar-refractivity contribution is 5.40. The van der Waals surface area contributed by atoms with Crippen molar-refractivity contribution < 1.29 is 4.52 Å². The second kappa shape index (κ2) is 5.25. The van der Waals surface area contributed by atoms with Gasteiger partial charge in [0.1, 0.15) is 0 Å². The molecule has 0 amide bonds. The van der Waals surface area contributed by atoms with Crippen LogP contribution in [0.5, 0.6) is 0 Å². The first kappa shape index (κ1) is 11.3. The van der Waals surface area contributed by atoms with E-state index in [1.807, 2.05) is 0 Å². The first-order chi connectivity index (χ1) is 8.93. The molecule has 3 rings (SSSR count). The van der Waals surface area contributed by atoms with Crippen LogP contribution in [0.3, 0.4) is 0 Å². The number of hydrogen-bond acceptors (Lipinski definition) is 5. The summed E-state index contributed by atoms with van der Waals surface area (Å²) >= 11 is 0. The van der Waals surface area contributed by atoms with Gasteiger partial charge in [0.2, 0.25) is 17.5 Å². The van der Waals surface area contributed by atoms with E-state index in [4.69, 9.17) is 4.52 Å². The lowest BCUT2D eigenvalue weighted by Crippen LogP contribution is -1.97. The van der Waals surface area contributed by atoms with E-state index in [9.17, 15) is 0 Å². The second-order valence-electron chi connectivity index (χ2n) is 4.72. The third-order valence-corrected chi connectivity index (χ3v) is 3.41. The predicted octanol–water partition coefficient (Wildman–Crippen LogP) is 2.96. The van der Waals surface area contributed by atoms with Crippen LogP contribution in [0.15, 0.2) is 23.0 Å². The Labute approximate surface area is 106 Å². The van der Waals surface area contributed by atoms with Gasteiger partial charge < -0.3 is 4.52 Å². The highest BCUT2D eigenvalue weighted by atomic mass is 16.5. The van der Waals surface area contributed by atoms with E-state index in [2.05, 4.69) is 20.1 Å². The molecule has 18 heavy (non-hydrogen) atoms. The fraction of sp³-hybridized carbons (Fsp3) is 0.538. The Hall–Kier alpha value is -1.78. The highest BCUT2D eigenvalue weighted by Crippen LogP contribution is 2.31. The third kappa shape index (κ3) is 2.39. The van der Waals surface area contributed by atoms with Gasteiger partial charge in [-0.05, 0) is 18.9 Å². The monoisotopic (exact) mass is 244 g/mol. The summed E-state index contributed by atoms with van der Waals surface area (Å²) in [7, 11) is 0. The van der Waals surface area contributed by atoms with Crippen molar-refractivity contribution in [3.05, 3.63) is 24.4 Å². The fourth-order valence-electron chi connectivity index (χ4n) is 2.43. The van der Waals surface area contributed by atoms with Gasteiger partial charge in [0.15, 0.2) is 0 Å². The molecule has 0 aromatic carbocycles. The van der Waals surface area contributed by atoms with Crippen molar-refractivity contribution in [2.24, 2.45) is 0 Å². The number of hydrogen-bond donors (Lipinski definition) is 0. The zero-order valence-electron chi connectivity index (χ0n) is 10.2. The Balaban J connectivity index is 1.80. The molecule has 0 unspecified atom stereocenters. The Morgan fingerprint density at radius 2 is 1.67 bits per heavy atom. The summed E-state index contributed by atoms with van der Waals surface area (Å²) in [6.45, 7) is 0. The van der Waals surface area contributed by atoms with Gasteiger partial charge >= 0.3 is 0 Å². The first-order valence-corrected chi connectivity index (χ1v) is 6.54. The molecule has 5 heteroatoms. The van der Waals surface area contributed by atoms with Crippen LogP contribution in [0.1, 0.15) is 50.3 Å². The number of nitrogens with zero attached hydrogens (tertiary/aromatic N) is 4. The van der Waals surface area contributed by atoms with Gasteiger partial charge in [-0.25, -0.2) is 9.97 Å². The molecule has 2 heterocycles. The summed E-state index contributed by atoms with van der Waals surface area (Å²) in [5.41, 5.74) is 0. The lowest BCUT2D eigenvalue weighted by Gasteiger charge is -2.06. The van der Waals surface area contributed by atoms with Gasteiger partial charge in [0, 0.05) is 18.3 Å². The summed E-state index contributed by atoms with van der Waals surface area (Å²) in [6.07, 6.45) is 10.8. The van der Waals surface area contributed by atoms with Crippen LogP contribution in [-0.2, 0) is 0 Å². The zero-order valence-corrected chi connectivity index (χ0v) is 10.2. The molecule has 1 saturated carbocycles. The molecule has 2 aromatic heterocycles. The molecule has 1 aliphatic rings. The van der Waals surface area contributed by atoms with E-state index in [1.165, 1.54) is 25.7 Å². The fourth-order valence-corrected chi connectivity index (χ4v) is 2.43. The van der Waals surface area contributed by atoms with E-state index in [-0.39, 0.29) is 0 Å². The van der Waals surface area contributed by atoms with E-state index in [0.717, 1.165) is 18.7 Å². The number of rotatable bonds is 2. The van der Waals surface area contributed by atoms with Crippen LogP contribution >= 0.6 is 0 Å². The lowest BCUT2D eigenvalue weighted by molar-refractivity contribution is 0.340. The van der Waals surface area contributed by atoms with Crippen molar-refractivity contribution in [3.63, 3.8) is 0 Å². The Morgan fingerprint density at radius 1 is 0.944 bits per heavy atom. The topological polar surface area (TPSA) is 64.7 Å². The SMILES string of the molecule is c1cnc(-c2noc(C3CCCCCC3)n2)nc1. The van der Waals surface area contributed by atoms with Crippen LogP contribution in [0.4, 0.5) is 0 Å². The predicted molar refractivity (Wildman–Crippen MR) is 65.8 cm³/mol. The normalized spacial score (nSPS) is 17.6. The van der Waals surface area contributed by atoms with Crippen molar-refractivity contribution in [2.75, 3.05) is 0 Å². The van der Waals surface area contributed by atoms with Crippen LogP contribution in [0.2, 0.25) is 0 Å². The minimum Gasteiger partial charge on any atom is -0.339 e. The molecule has 0 bridgehead atoms. The maximum atomic E-state index is 5.37. The van der Waals surface area contributed by atoms with E-state index in [1.54, 1.807) is 18.5 Å². The van der Waals surface area contributed by atoms with Gasteiger partial charge in [-0.1, -0.05) is 30.8 Å².